The molecule has 0 bridgehead atoms. The third-order valence-electron chi connectivity index (χ3n) is 4.94. The number of methoxy groups -OCH3 is 1. The number of halogens is 2. The Morgan fingerprint density at radius 2 is 1.75 bits per heavy atom. The highest BCUT2D eigenvalue weighted by Gasteiger charge is 2.18. The Kier molecular flexibility index (Phi) is 6.03. The zero-order valence-electron chi connectivity index (χ0n) is 17.2. The molecule has 0 saturated carbocycles. The number of hydrogen-bond acceptors (Lipinski definition) is 4. The van der Waals surface area contributed by atoms with Crippen LogP contribution >= 0.6 is 23.2 Å². The molecule has 7 nitrogen and oxygen atoms in total. The summed E-state index contributed by atoms with van der Waals surface area (Å²) in [6.07, 6.45) is 2.84. The molecule has 0 spiro atoms. The van der Waals surface area contributed by atoms with Gasteiger partial charge in [0.05, 0.1) is 29.6 Å². The molecule has 2 aromatic heterocycles. The molecule has 4 rings (SSSR count). The number of aromatic nitrogens is 2. The molecule has 2 amide bonds. The number of amides is 2. The van der Waals surface area contributed by atoms with Crippen molar-refractivity contribution in [2.45, 2.75) is 0 Å². The molecule has 32 heavy (non-hydrogen) atoms. The first-order valence-electron chi connectivity index (χ1n) is 9.53. The Labute approximate surface area is 194 Å². The highest BCUT2D eigenvalue weighted by Crippen LogP contribution is 2.28. The maximum absolute atomic E-state index is 13.1. The second-order valence-electron chi connectivity index (χ2n) is 6.95. The van der Waals surface area contributed by atoms with E-state index in [-0.39, 0.29) is 5.91 Å². The van der Waals surface area contributed by atoms with Crippen molar-refractivity contribution in [3.05, 3.63) is 82.6 Å². The number of pyridine rings is 1. The lowest BCUT2D eigenvalue weighted by Gasteiger charge is -2.18. The standard InChI is InChI=1S/C23H18Cl2N4O3/c1-28(18-9-5-16(24)6-10-18)22(30)15-11-19(25)21-26-12-20(29(21)13-15)14-3-7-17(8-4-14)27-23(31)32-2/h3-13H,1-2H3,(H,27,31). The van der Waals surface area contributed by atoms with Crippen LogP contribution in [0.15, 0.2) is 67.0 Å². The molecular formula is C23H18Cl2N4O3. The summed E-state index contributed by atoms with van der Waals surface area (Å²) in [5.74, 6) is -0.228. The van der Waals surface area contributed by atoms with Crippen LogP contribution in [0.5, 0.6) is 0 Å². The lowest BCUT2D eigenvalue weighted by Crippen LogP contribution is -2.26. The minimum atomic E-state index is -0.549. The molecule has 162 valence electrons. The number of rotatable bonds is 4. The van der Waals surface area contributed by atoms with Crippen molar-refractivity contribution in [2.75, 3.05) is 24.4 Å². The van der Waals surface area contributed by atoms with Gasteiger partial charge in [-0.15, -0.1) is 0 Å². The molecule has 0 atom stereocenters. The fourth-order valence-corrected chi connectivity index (χ4v) is 3.63. The van der Waals surface area contributed by atoms with E-state index in [1.54, 1.807) is 66.3 Å². The van der Waals surface area contributed by atoms with E-state index in [1.165, 1.54) is 12.0 Å². The number of anilines is 2. The van der Waals surface area contributed by atoms with Crippen molar-refractivity contribution in [1.82, 2.24) is 9.38 Å². The predicted octanol–water partition coefficient (Wildman–Crippen LogP) is 5.76. The van der Waals surface area contributed by atoms with Gasteiger partial charge in [-0.25, -0.2) is 9.78 Å². The Balaban J connectivity index is 1.69. The Bertz CT molecular complexity index is 1300. The van der Waals surface area contributed by atoms with Crippen molar-refractivity contribution < 1.29 is 14.3 Å². The van der Waals surface area contributed by atoms with E-state index >= 15 is 0 Å². The zero-order valence-corrected chi connectivity index (χ0v) is 18.7. The number of carbonyl (C=O) groups excluding carboxylic acids is 2. The highest BCUT2D eigenvalue weighted by molar-refractivity contribution is 6.34. The van der Waals surface area contributed by atoms with Crippen LogP contribution in [0.1, 0.15) is 10.4 Å². The fourth-order valence-electron chi connectivity index (χ4n) is 3.25. The lowest BCUT2D eigenvalue weighted by atomic mass is 10.1. The number of carbonyl (C=O) groups is 2. The van der Waals surface area contributed by atoms with Gasteiger partial charge in [0, 0.05) is 35.2 Å². The molecule has 0 radical (unpaired) electrons. The smallest absolute Gasteiger partial charge is 0.411 e. The second-order valence-corrected chi connectivity index (χ2v) is 7.79. The number of hydrogen-bond donors (Lipinski definition) is 1. The summed E-state index contributed by atoms with van der Waals surface area (Å²) < 4.78 is 6.37. The molecule has 2 aromatic carbocycles. The maximum Gasteiger partial charge on any atom is 0.411 e. The van der Waals surface area contributed by atoms with Crippen LogP contribution in [-0.2, 0) is 4.74 Å². The van der Waals surface area contributed by atoms with E-state index in [0.717, 1.165) is 11.3 Å². The van der Waals surface area contributed by atoms with Crippen molar-refractivity contribution in [1.29, 1.82) is 0 Å². The van der Waals surface area contributed by atoms with E-state index in [2.05, 4.69) is 15.0 Å². The summed E-state index contributed by atoms with van der Waals surface area (Å²) in [5.41, 5.74) is 3.81. The van der Waals surface area contributed by atoms with Crippen LogP contribution in [0.2, 0.25) is 10.0 Å². The van der Waals surface area contributed by atoms with E-state index in [9.17, 15) is 9.59 Å². The summed E-state index contributed by atoms with van der Waals surface area (Å²) in [5, 5.41) is 3.55. The van der Waals surface area contributed by atoms with Crippen LogP contribution in [0.4, 0.5) is 16.2 Å². The Morgan fingerprint density at radius 3 is 2.41 bits per heavy atom. The van der Waals surface area contributed by atoms with E-state index < -0.39 is 6.09 Å². The maximum atomic E-state index is 13.1. The topological polar surface area (TPSA) is 75.9 Å². The summed E-state index contributed by atoms with van der Waals surface area (Å²) >= 11 is 12.4. The van der Waals surface area contributed by atoms with E-state index in [1.807, 2.05) is 12.1 Å². The molecular weight excluding hydrogens is 451 g/mol. The number of fused-ring (bicyclic) bond motifs is 1. The second kappa shape index (κ2) is 8.90. The Morgan fingerprint density at radius 1 is 1.06 bits per heavy atom. The van der Waals surface area contributed by atoms with Crippen molar-refractivity contribution in [3.63, 3.8) is 0 Å². The van der Waals surface area contributed by atoms with Gasteiger partial charge in [0.15, 0.2) is 5.65 Å². The van der Waals surface area contributed by atoms with Gasteiger partial charge in [0.2, 0.25) is 0 Å². The first-order chi connectivity index (χ1) is 15.4. The highest BCUT2D eigenvalue weighted by atomic mass is 35.5. The quantitative estimate of drug-likeness (QED) is 0.412. The van der Waals surface area contributed by atoms with Gasteiger partial charge in [-0.3, -0.25) is 14.5 Å². The van der Waals surface area contributed by atoms with Gasteiger partial charge in [0.25, 0.3) is 5.91 Å². The van der Waals surface area contributed by atoms with Crippen molar-refractivity contribution >= 4 is 52.2 Å². The molecule has 9 heteroatoms. The average Bonchev–Trinajstić information content (AvgIpc) is 3.23. The predicted molar refractivity (Wildman–Crippen MR) is 126 cm³/mol. The molecule has 0 unspecified atom stereocenters. The number of imidazole rings is 1. The third-order valence-corrected chi connectivity index (χ3v) is 5.47. The van der Waals surface area contributed by atoms with Crippen LogP contribution in [-0.4, -0.2) is 35.5 Å². The first-order valence-corrected chi connectivity index (χ1v) is 10.3. The normalized spacial score (nSPS) is 10.8. The molecule has 1 N–H and O–H groups in total. The number of benzene rings is 2. The van der Waals surface area contributed by atoms with E-state index in [4.69, 9.17) is 23.2 Å². The van der Waals surface area contributed by atoms with Gasteiger partial charge in [-0.1, -0.05) is 35.3 Å². The van der Waals surface area contributed by atoms with Crippen LogP contribution in [0.25, 0.3) is 16.9 Å². The summed E-state index contributed by atoms with van der Waals surface area (Å²) in [4.78, 5) is 30.4. The minimum absolute atomic E-state index is 0.228. The van der Waals surface area contributed by atoms with Crippen LogP contribution < -0.4 is 10.2 Å². The minimum Gasteiger partial charge on any atom is -0.453 e. The third kappa shape index (κ3) is 4.26. The molecule has 0 aliphatic carbocycles. The van der Waals surface area contributed by atoms with Gasteiger partial charge in [0.1, 0.15) is 0 Å². The van der Waals surface area contributed by atoms with Crippen molar-refractivity contribution in [3.8, 4) is 11.3 Å². The molecule has 4 aromatic rings. The number of nitrogens with one attached hydrogen (secondary N) is 1. The molecule has 0 aliphatic heterocycles. The summed E-state index contributed by atoms with van der Waals surface area (Å²) in [7, 11) is 2.99. The summed E-state index contributed by atoms with van der Waals surface area (Å²) in [6, 6.07) is 15.7. The summed E-state index contributed by atoms with van der Waals surface area (Å²) in [6.45, 7) is 0. The molecule has 0 aliphatic rings. The average molecular weight is 469 g/mol. The van der Waals surface area contributed by atoms with Gasteiger partial charge in [-0.05, 0) is 42.5 Å². The SMILES string of the molecule is COC(=O)Nc1ccc(-c2cnc3c(Cl)cc(C(=O)N(C)c4ccc(Cl)cc4)cn23)cc1. The fraction of sp³-hybridized carbons (Fsp3) is 0.0870. The van der Waals surface area contributed by atoms with Crippen molar-refractivity contribution in [2.24, 2.45) is 0 Å². The van der Waals surface area contributed by atoms with Crippen LogP contribution in [0, 0.1) is 0 Å². The number of ether oxygens (including phenoxy) is 1. The molecule has 2 heterocycles. The Hall–Kier alpha value is -3.55. The van der Waals surface area contributed by atoms with Crippen LogP contribution in [0.3, 0.4) is 0 Å². The van der Waals surface area contributed by atoms with Gasteiger partial charge < -0.3 is 9.64 Å². The van der Waals surface area contributed by atoms with Gasteiger partial charge >= 0.3 is 6.09 Å². The lowest BCUT2D eigenvalue weighted by molar-refractivity contribution is 0.0992. The van der Waals surface area contributed by atoms with Gasteiger partial charge in [-0.2, -0.15) is 0 Å². The largest absolute Gasteiger partial charge is 0.453 e. The number of nitrogens with zero attached hydrogens (tertiary/aromatic N) is 3. The molecule has 0 fully saturated rings. The zero-order chi connectivity index (χ0) is 22.8. The monoisotopic (exact) mass is 468 g/mol. The molecule has 0 saturated heterocycles. The first kappa shape index (κ1) is 21.7. The van der Waals surface area contributed by atoms with E-state index in [0.29, 0.717) is 32.6 Å².